The van der Waals surface area contributed by atoms with E-state index in [1.54, 1.807) is 25.3 Å². The second-order valence-electron chi connectivity index (χ2n) is 5.90. The van der Waals surface area contributed by atoms with Gasteiger partial charge in [0.2, 0.25) is 0 Å². The van der Waals surface area contributed by atoms with Gasteiger partial charge < -0.3 is 9.84 Å². The molecule has 1 aliphatic rings. The Morgan fingerprint density at radius 2 is 2.19 bits per heavy atom. The minimum Gasteiger partial charge on any atom is -0.495 e. The zero-order valence-corrected chi connectivity index (χ0v) is 13.3. The zero-order chi connectivity index (χ0) is 15.5. The zero-order valence-electron chi connectivity index (χ0n) is 12.6. The van der Waals surface area contributed by atoms with Crippen LogP contribution in [0.15, 0.2) is 18.2 Å². The number of methoxy groups -OCH3 is 1. The first-order valence-corrected chi connectivity index (χ1v) is 7.60. The van der Waals surface area contributed by atoms with Gasteiger partial charge in [0.1, 0.15) is 5.75 Å². The summed E-state index contributed by atoms with van der Waals surface area (Å²) in [5.41, 5.74) is -0.0156. The molecule has 1 unspecified atom stereocenters. The summed E-state index contributed by atoms with van der Waals surface area (Å²) < 4.78 is 5.09. The summed E-state index contributed by atoms with van der Waals surface area (Å²) in [7, 11) is 1.55. The third-order valence-electron chi connectivity index (χ3n) is 4.00. The molecule has 1 aliphatic heterocycles. The quantitative estimate of drug-likeness (QED) is 0.869. The third kappa shape index (κ3) is 4.43. The van der Waals surface area contributed by atoms with Gasteiger partial charge in [0.25, 0.3) is 0 Å². The summed E-state index contributed by atoms with van der Waals surface area (Å²) in [6.45, 7) is 3.80. The van der Waals surface area contributed by atoms with Gasteiger partial charge in [-0.3, -0.25) is 9.69 Å². The smallest absolute Gasteiger partial charge is 0.176 e. The molecule has 1 aromatic carbocycles. The molecule has 0 saturated carbocycles. The first-order chi connectivity index (χ1) is 9.91. The summed E-state index contributed by atoms with van der Waals surface area (Å²) in [5, 5.41) is 10.5. The number of nitrogens with zero attached hydrogens (tertiary/aromatic N) is 1. The SMILES string of the molecule is COc1ccc(C(=O)CN2CCCC(C)(O)CC2)cc1Cl. The van der Waals surface area contributed by atoms with Gasteiger partial charge in [0, 0.05) is 12.1 Å². The number of Topliss-reactive ketones (excluding diaryl/α,β-unsaturated/α-hetero) is 1. The van der Waals surface area contributed by atoms with Crippen molar-refractivity contribution < 1.29 is 14.6 Å². The van der Waals surface area contributed by atoms with Crippen LogP contribution in [-0.4, -0.2) is 48.1 Å². The largest absolute Gasteiger partial charge is 0.495 e. The number of hydrogen-bond acceptors (Lipinski definition) is 4. The van der Waals surface area contributed by atoms with Crippen molar-refractivity contribution >= 4 is 17.4 Å². The predicted molar refractivity (Wildman–Crippen MR) is 83.2 cm³/mol. The van der Waals surface area contributed by atoms with Gasteiger partial charge in [-0.15, -0.1) is 0 Å². The minimum absolute atomic E-state index is 0.0427. The maximum atomic E-state index is 12.3. The number of ether oxygens (including phenoxy) is 1. The number of carbonyl (C=O) groups is 1. The molecule has 1 aromatic rings. The van der Waals surface area contributed by atoms with Crippen LogP contribution in [0.1, 0.15) is 36.5 Å². The molecule has 0 aliphatic carbocycles. The monoisotopic (exact) mass is 311 g/mol. The molecular weight excluding hydrogens is 290 g/mol. The first-order valence-electron chi connectivity index (χ1n) is 7.23. The van der Waals surface area contributed by atoms with E-state index in [1.807, 2.05) is 6.92 Å². The number of aliphatic hydroxyl groups is 1. The van der Waals surface area contributed by atoms with Crippen LogP contribution < -0.4 is 4.74 Å². The summed E-state index contributed by atoms with van der Waals surface area (Å²) >= 11 is 6.06. The van der Waals surface area contributed by atoms with Gasteiger partial charge in [-0.25, -0.2) is 0 Å². The van der Waals surface area contributed by atoms with Gasteiger partial charge in [-0.05, 0) is 50.9 Å². The van der Waals surface area contributed by atoms with Crippen LogP contribution in [0.5, 0.6) is 5.75 Å². The van der Waals surface area contributed by atoms with Crippen molar-refractivity contribution in [3.05, 3.63) is 28.8 Å². The third-order valence-corrected chi connectivity index (χ3v) is 4.29. The lowest BCUT2D eigenvalue weighted by Gasteiger charge is -2.22. The maximum Gasteiger partial charge on any atom is 0.176 e. The average molecular weight is 312 g/mol. The van der Waals surface area contributed by atoms with Crippen molar-refractivity contribution in [1.82, 2.24) is 4.90 Å². The lowest BCUT2D eigenvalue weighted by molar-refractivity contribution is 0.0444. The Labute approximate surface area is 130 Å². The summed E-state index contributed by atoms with van der Waals surface area (Å²) in [6, 6.07) is 5.10. The van der Waals surface area contributed by atoms with Crippen molar-refractivity contribution in [2.24, 2.45) is 0 Å². The molecule has 0 spiro atoms. The van der Waals surface area contributed by atoms with E-state index in [0.717, 1.165) is 25.9 Å². The highest BCUT2D eigenvalue weighted by atomic mass is 35.5. The fourth-order valence-electron chi connectivity index (χ4n) is 2.61. The van der Waals surface area contributed by atoms with E-state index in [-0.39, 0.29) is 5.78 Å². The molecule has 0 aromatic heterocycles. The molecule has 21 heavy (non-hydrogen) atoms. The topological polar surface area (TPSA) is 49.8 Å². The molecule has 0 amide bonds. The highest BCUT2D eigenvalue weighted by Gasteiger charge is 2.25. The van der Waals surface area contributed by atoms with E-state index in [1.165, 1.54) is 0 Å². The molecule has 4 nitrogen and oxygen atoms in total. The second-order valence-corrected chi connectivity index (χ2v) is 6.31. The Morgan fingerprint density at radius 3 is 2.86 bits per heavy atom. The maximum absolute atomic E-state index is 12.3. The van der Waals surface area contributed by atoms with Gasteiger partial charge in [-0.1, -0.05) is 11.6 Å². The fraction of sp³-hybridized carbons (Fsp3) is 0.562. The van der Waals surface area contributed by atoms with Crippen molar-refractivity contribution in [3.63, 3.8) is 0 Å². The normalized spacial score (nSPS) is 23.6. The standard InChI is InChI=1S/C16H22ClNO3/c1-16(20)6-3-8-18(9-7-16)11-14(19)12-4-5-15(21-2)13(17)10-12/h4-5,10,20H,3,6-9,11H2,1-2H3. The Bertz CT molecular complexity index is 516. The van der Waals surface area contributed by atoms with Crippen LogP contribution in [0.25, 0.3) is 0 Å². The van der Waals surface area contributed by atoms with Crippen LogP contribution in [0, 0.1) is 0 Å². The van der Waals surface area contributed by atoms with Crippen molar-refractivity contribution in [2.45, 2.75) is 31.8 Å². The van der Waals surface area contributed by atoms with Crippen molar-refractivity contribution in [3.8, 4) is 5.75 Å². The molecule has 0 bridgehead atoms. The molecule has 2 rings (SSSR count). The lowest BCUT2D eigenvalue weighted by Crippen LogP contribution is -2.32. The molecular formula is C16H22ClNO3. The predicted octanol–water partition coefficient (Wildman–Crippen LogP) is 2.77. The number of hydrogen-bond donors (Lipinski definition) is 1. The minimum atomic E-state index is -0.610. The van der Waals surface area contributed by atoms with E-state index < -0.39 is 5.60 Å². The summed E-state index contributed by atoms with van der Waals surface area (Å²) in [5.74, 6) is 0.611. The molecule has 5 heteroatoms. The van der Waals surface area contributed by atoms with Gasteiger partial charge in [0.05, 0.1) is 24.3 Å². The van der Waals surface area contributed by atoms with E-state index in [2.05, 4.69) is 4.90 Å². The van der Waals surface area contributed by atoms with Gasteiger partial charge >= 0.3 is 0 Å². The number of benzene rings is 1. The lowest BCUT2D eigenvalue weighted by atomic mass is 9.98. The summed E-state index contributed by atoms with van der Waals surface area (Å²) in [4.78, 5) is 14.4. The number of likely N-dealkylation sites (tertiary alicyclic amines) is 1. The Hall–Kier alpha value is -1.10. The molecule has 1 N–H and O–H groups in total. The van der Waals surface area contributed by atoms with Crippen LogP contribution in [-0.2, 0) is 0 Å². The molecule has 1 fully saturated rings. The van der Waals surface area contributed by atoms with Crippen LogP contribution in [0.4, 0.5) is 0 Å². The van der Waals surface area contributed by atoms with Crippen LogP contribution >= 0.6 is 11.6 Å². The highest BCUT2D eigenvalue weighted by Crippen LogP contribution is 2.26. The van der Waals surface area contributed by atoms with E-state index in [0.29, 0.717) is 29.3 Å². The molecule has 0 radical (unpaired) electrons. The number of carbonyl (C=O) groups excluding carboxylic acids is 1. The average Bonchev–Trinajstić information content (AvgIpc) is 2.60. The Balaban J connectivity index is 1.99. The Morgan fingerprint density at radius 1 is 1.43 bits per heavy atom. The van der Waals surface area contributed by atoms with Crippen molar-refractivity contribution in [2.75, 3.05) is 26.7 Å². The van der Waals surface area contributed by atoms with E-state index in [9.17, 15) is 9.90 Å². The number of halogens is 1. The highest BCUT2D eigenvalue weighted by molar-refractivity contribution is 6.32. The second kappa shape index (κ2) is 6.77. The number of ketones is 1. The van der Waals surface area contributed by atoms with Gasteiger partial charge in [0.15, 0.2) is 5.78 Å². The van der Waals surface area contributed by atoms with Crippen LogP contribution in [0.3, 0.4) is 0 Å². The molecule has 116 valence electrons. The fourth-order valence-corrected chi connectivity index (χ4v) is 2.87. The molecule has 1 atom stereocenters. The van der Waals surface area contributed by atoms with Crippen LogP contribution in [0.2, 0.25) is 5.02 Å². The van der Waals surface area contributed by atoms with Crippen molar-refractivity contribution in [1.29, 1.82) is 0 Å². The Kier molecular flexibility index (Phi) is 5.25. The van der Waals surface area contributed by atoms with E-state index in [4.69, 9.17) is 16.3 Å². The molecule has 1 heterocycles. The van der Waals surface area contributed by atoms with Gasteiger partial charge in [-0.2, -0.15) is 0 Å². The number of rotatable bonds is 4. The summed E-state index contributed by atoms with van der Waals surface area (Å²) in [6.07, 6.45) is 2.39. The van der Waals surface area contributed by atoms with E-state index >= 15 is 0 Å². The molecule has 1 saturated heterocycles. The first kappa shape index (κ1) is 16.3.